The summed E-state index contributed by atoms with van der Waals surface area (Å²) in [5.41, 5.74) is 7.99. The Bertz CT molecular complexity index is 1030. The number of hydrogen-bond acceptors (Lipinski definition) is 3. The van der Waals surface area contributed by atoms with Crippen LogP contribution >= 0.6 is 15.9 Å². The van der Waals surface area contributed by atoms with Crippen molar-refractivity contribution in [1.82, 2.24) is 5.32 Å². The van der Waals surface area contributed by atoms with Gasteiger partial charge >= 0.3 is 6.09 Å². The number of carbonyl (C=O) groups excluding carboxylic acids is 1. The van der Waals surface area contributed by atoms with E-state index in [1.54, 1.807) is 0 Å². The summed E-state index contributed by atoms with van der Waals surface area (Å²) in [5, 5.41) is 6.24. The van der Waals surface area contributed by atoms with Crippen LogP contribution in [0.15, 0.2) is 65.1 Å². The molecule has 1 aliphatic carbocycles. The Morgan fingerprint density at radius 1 is 0.964 bits per heavy atom. The number of fused-ring (bicyclic) bond motifs is 4. The zero-order valence-corrected chi connectivity index (χ0v) is 16.8. The van der Waals surface area contributed by atoms with Crippen molar-refractivity contribution in [2.45, 2.75) is 19.0 Å². The number of ether oxygens (including phenoxy) is 1. The second-order valence-corrected chi connectivity index (χ2v) is 7.96. The van der Waals surface area contributed by atoms with E-state index in [1.807, 2.05) is 36.4 Å². The fraction of sp³-hybridized carbons (Fsp3) is 0.174. The summed E-state index contributed by atoms with van der Waals surface area (Å²) < 4.78 is 6.71. The van der Waals surface area contributed by atoms with Gasteiger partial charge in [0, 0.05) is 29.2 Å². The van der Waals surface area contributed by atoms with Gasteiger partial charge in [0.1, 0.15) is 6.61 Å². The molecule has 5 rings (SSSR count). The molecule has 1 heterocycles. The van der Waals surface area contributed by atoms with E-state index in [9.17, 15) is 4.79 Å². The van der Waals surface area contributed by atoms with Gasteiger partial charge in [-0.15, -0.1) is 0 Å². The standard InChI is InChI=1S/C23H19BrN2O2/c24-21-9-10-22(19-12-25-11-18(19)21)26-23(27)28-13-20-16-7-3-1-5-14(16)15-6-2-4-8-17(15)20/h1-10,20,25H,11-13H2,(H,26,27). The molecule has 2 N–H and O–H groups in total. The second-order valence-electron chi connectivity index (χ2n) is 7.11. The lowest BCUT2D eigenvalue weighted by Crippen LogP contribution is -2.18. The number of hydrogen-bond donors (Lipinski definition) is 2. The Hall–Kier alpha value is -2.63. The molecule has 0 radical (unpaired) electrons. The van der Waals surface area contributed by atoms with Gasteiger partial charge in [-0.25, -0.2) is 4.79 Å². The Balaban J connectivity index is 1.34. The Morgan fingerprint density at radius 3 is 2.32 bits per heavy atom. The summed E-state index contributed by atoms with van der Waals surface area (Å²) in [4.78, 5) is 12.5. The predicted molar refractivity (Wildman–Crippen MR) is 113 cm³/mol. The molecule has 0 saturated carbocycles. The molecule has 0 spiro atoms. The van der Waals surface area contributed by atoms with Gasteiger partial charge in [0.2, 0.25) is 0 Å². The molecule has 3 aromatic carbocycles. The monoisotopic (exact) mass is 434 g/mol. The van der Waals surface area contributed by atoms with E-state index >= 15 is 0 Å². The number of nitrogens with one attached hydrogen (secondary N) is 2. The maximum Gasteiger partial charge on any atom is 0.411 e. The molecule has 0 aromatic heterocycles. The van der Waals surface area contributed by atoms with Crippen molar-refractivity contribution in [3.63, 3.8) is 0 Å². The zero-order valence-electron chi connectivity index (χ0n) is 15.2. The highest BCUT2D eigenvalue weighted by Gasteiger charge is 2.29. The fourth-order valence-corrected chi connectivity index (χ4v) is 4.74. The lowest BCUT2D eigenvalue weighted by molar-refractivity contribution is 0.158. The molecule has 0 saturated heterocycles. The number of benzene rings is 3. The Labute approximate surface area is 172 Å². The van der Waals surface area contributed by atoms with E-state index < -0.39 is 6.09 Å². The van der Waals surface area contributed by atoms with Crippen molar-refractivity contribution in [2.75, 3.05) is 11.9 Å². The maximum atomic E-state index is 12.5. The van der Waals surface area contributed by atoms with Crippen LogP contribution < -0.4 is 10.6 Å². The van der Waals surface area contributed by atoms with E-state index in [0.717, 1.165) is 28.8 Å². The molecular weight excluding hydrogens is 416 g/mol. The van der Waals surface area contributed by atoms with Gasteiger partial charge in [-0.3, -0.25) is 5.32 Å². The third-order valence-corrected chi connectivity index (χ3v) is 6.30. The summed E-state index contributed by atoms with van der Waals surface area (Å²) >= 11 is 3.57. The van der Waals surface area contributed by atoms with E-state index in [2.05, 4.69) is 50.8 Å². The quantitative estimate of drug-likeness (QED) is 0.578. The maximum absolute atomic E-state index is 12.5. The first-order chi connectivity index (χ1) is 13.7. The highest BCUT2D eigenvalue weighted by Crippen LogP contribution is 2.44. The zero-order chi connectivity index (χ0) is 19.1. The first-order valence-electron chi connectivity index (χ1n) is 9.35. The average molecular weight is 435 g/mol. The van der Waals surface area contributed by atoms with Crippen LogP contribution in [0, 0.1) is 0 Å². The number of halogens is 1. The minimum Gasteiger partial charge on any atom is -0.448 e. The minimum absolute atomic E-state index is 0.0652. The van der Waals surface area contributed by atoms with Gasteiger partial charge in [0.15, 0.2) is 0 Å². The second kappa shape index (κ2) is 7.08. The van der Waals surface area contributed by atoms with Gasteiger partial charge < -0.3 is 10.1 Å². The Morgan fingerprint density at radius 2 is 1.61 bits per heavy atom. The molecule has 5 heteroatoms. The Kier molecular flexibility index (Phi) is 4.41. The number of amides is 1. The topological polar surface area (TPSA) is 50.4 Å². The summed E-state index contributed by atoms with van der Waals surface area (Å²) in [7, 11) is 0. The molecule has 2 aliphatic rings. The third-order valence-electron chi connectivity index (χ3n) is 5.56. The molecular formula is C23H19BrN2O2. The first kappa shape index (κ1) is 17.5. The van der Waals surface area contributed by atoms with Gasteiger partial charge in [0.25, 0.3) is 0 Å². The predicted octanol–water partition coefficient (Wildman–Crippen LogP) is 5.41. The molecule has 1 amide bonds. The lowest BCUT2D eigenvalue weighted by Gasteiger charge is -2.15. The smallest absolute Gasteiger partial charge is 0.411 e. The fourth-order valence-electron chi connectivity index (χ4n) is 4.23. The van der Waals surface area contributed by atoms with Crippen LogP contribution in [0.2, 0.25) is 0 Å². The molecule has 1 aliphatic heterocycles. The summed E-state index contributed by atoms with van der Waals surface area (Å²) in [5.74, 6) is 0.0652. The highest BCUT2D eigenvalue weighted by molar-refractivity contribution is 9.10. The third kappa shape index (κ3) is 2.91. The van der Waals surface area contributed by atoms with Crippen LogP contribution in [0.3, 0.4) is 0 Å². The van der Waals surface area contributed by atoms with Crippen molar-refractivity contribution < 1.29 is 9.53 Å². The molecule has 0 fully saturated rings. The number of anilines is 1. The van der Waals surface area contributed by atoms with Crippen molar-refractivity contribution >= 4 is 27.7 Å². The normalized spacial score (nSPS) is 14.3. The van der Waals surface area contributed by atoms with Crippen LogP contribution in [0.1, 0.15) is 28.2 Å². The van der Waals surface area contributed by atoms with Gasteiger partial charge in [0.05, 0.1) is 0 Å². The van der Waals surface area contributed by atoms with Gasteiger partial charge in [-0.2, -0.15) is 0 Å². The number of carbonyl (C=O) groups is 1. The molecule has 0 bridgehead atoms. The largest absolute Gasteiger partial charge is 0.448 e. The van der Waals surface area contributed by atoms with E-state index in [4.69, 9.17) is 4.74 Å². The summed E-state index contributed by atoms with van der Waals surface area (Å²) in [6.45, 7) is 1.86. The first-order valence-corrected chi connectivity index (χ1v) is 10.1. The minimum atomic E-state index is -0.418. The number of rotatable bonds is 3. The van der Waals surface area contributed by atoms with Gasteiger partial charge in [-0.1, -0.05) is 64.5 Å². The molecule has 140 valence electrons. The van der Waals surface area contributed by atoms with Gasteiger partial charge in [-0.05, 0) is 45.5 Å². The van der Waals surface area contributed by atoms with Crippen molar-refractivity contribution in [3.05, 3.63) is 87.4 Å². The average Bonchev–Trinajstić information content (AvgIpc) is 3.33. The van der Waals surface area contributed by atoms with Crippen LogP contribution in [-0.2, 0) is 17.8 Å². The van der Waals surface area contributed by atoms with Crippen LogP contribution in [0.5, 0.6) is 0 Å². The molecule has 0 atom stereocenters. The molecule has 28 heavy (non-hydrogen) atoms. The molecule has 3 aromatic rings. The van der Waals surface area contributed by atoms with E-state index in [-0.39, 0.29) is 5.92 Å². The van der Waals surface area contributed by atoms with Crippen LogP contribution in [-0.4, -0.2) is 12.7 Å². The molecule has 4 nitrogen and oxygen atoms in total. The van der Waals surface area contributed by atoms with Crippen molar-refractivity contribution in [3.8, 4) is 11.1 Å². The summed E-state index contributed by atoms with van der Waals surface area (Å²) in [6, 6.07) is 20.6. The van der Waals surface area contributed by atoms with E-state index in [0.29, 0.717) is 6.61 Å². The van der Waals surface area contributed by atoms with Crippen LogP contribution in [0.4, 0.5) is 10.5 Å². The molecule has 0 unspecified atom stereocenters. The highest BCUT2D eigenvalue weighted by atomic mass is 79.9. The summed E-state index contributed by atoms with van der Waals surface area (Å²) in [6.07, 6.45) is -0.418. The SMILES string of the molecule is O=C(Nc1ccc(Br)c2c1CNC2)OCC1c2ccccc2-c2ccccc21. The van der Waals surface area contributed by atoms with E-state index in [1.165, 1.54) is 27.8 Å². The lowest BCUT2D eigenvalue weighted by atomic mass is 9.98. The van der Waals surface area contributed by atoms with Crippen molar-refractivity contribution in [1.29, 1.82) is 0 Å². The van der Waals surface area contributed by atoms with Crippen molar-refractivity contribution in [2.24, 2.45) is 0 Å². The van der Waals surface area contributed by atoms with Crippen LogP contribution in [0.25, 0.3) is 11.1 Å².